The minimum atomic E-state index is -4.78. The van der Waals surface area contributed by atoms with Crippen LogP contribution in [0.4, 0.5) is 23.2 Å². The van der Waals surface area contributed by atoms with Crippen molar-refractivity contribution in [3.8, 4) is 22.6 Å². The molecule has 0 heterocycles. The smallest absolute Gasteiger partial charge is 0.416 e. The van der Waals surface area contributed by atoms with E-state index in [4.69, 9.17) is 9.47 Å². The van der Waals surface area contributed by atoms with Crippen LogP contribution >= 0.6 is 0 Å². The third-order valence-electron chi connectivity index (χ3n) is 7.13. The Morgan fingerprint density at radius 3 is 2.22 bits per heavy atom. The van der Waals surface area contributed by atoms with Crippen molar-refractivity contribution in [1.82, 2.24) is 0 Å². The number of hydrogen-bond donors (Lipinski definition) is 2. The Bertz CT molecular complexity index is 1670. The molecular formula is C35H33F4NO5. The first-order valence-corrected chi connectivity index (χ1v) is 14.2. The van der Waals surface area contributed by atoms with Crippen molar-refractivity contribution in [3.05, 3.63) is 113 Å². The highest BCUT2D eigenvalue weighted by atomic mass is 19.4. The van der Waals surface area contributed by atoms with Crippen LogP contribution in [0.5, 0.6) is 11.5 Å². The van der Waals surface area contributed by atoms with Crippen LogP contribution in [-0.4, -0.2) is 23.6 Å². The molecule has 0 bridgehead atoms. The summed E-state index contributed by atoms with van der Waals surface area (Å²) in [6.45, 7) is 5.22. The van der Waals surface area contributed by atoms with Crippen LogP contribution in [0.2, 0.25) is 0 Å². The standard InChI is InChI=1S/C35H33F4NO5/c1-4-44-31-19-27(45-21-22-8-6-5-7-9-22)14-15-28(31)23-10-11-24(30(36)16-23)17-32(41)40-26-13-12-25(20-34(2,3)33(42)43)29(18-26)35(37,38)39/h5-16,18-19H,4,17,20-21H2,1-3H3,(H,40,41)(H,42,43). The second-order valence-electron chi connectivity index (χ2n) is 11.1. The van der Waals surface area contributed by atoms with Crippen molar-refractivity contribution in [3.63, 3.8) is 0 Å². The maximum absolute atomic E-state index is 15.2. The predicted octanol–water partition coefficient (Wildman–Crippen LogP) is 8.32. The minimum Gasteiger partial charge on any atom is -0.493 e. The number of benzene rings is 4. The van der Waals surface area contributed by atoms with Crippen molar-refractivity contribution in [1.29, 1.82) is 0 Å². The van der Waals surface area contributed by atoms with Gasteiger partial charge in [0.15, 0.2) is 0 Å². The van der Waals surface area contributed by atoms with Crippen LogP contribution in [0.1, 0.15) is 43.0 Å². The SMILES string of the molecule is CCOc1cc(OCc2ccccc2)ccc1-c1ccc(CC(=O)Nc2ccc(CC(C)(C)C(=O)O)c(C(F)(F)F)c2)c(F)c1. The van der Waals surface area contributed by atoms with E-state index in [9.17, 15) is 27.9 Å². The van der Waals surface area contributed by atoms with E-state index in [0.29, 0.717) is 35.8 Å². The monoisotopic (exact) mass is 623 g/mol. The maximum atomic E-state index is 15.2. The van der Waals surface area contributed by atoms with Crippen LogP contribution in [-0.2, 0) is 35.2 Å². The zero-order chi connectivity index (χ0) is 32.8. The van der Waals surface area contributed by atoms with Crippen molar-refractivity contribution < 1.29 is 41.7 Å². The van der Waals surface area contributed by atoms with Crippen LogP contribution in [0.3, 0.4) is 0 Å². The topological polar surface area (TPSA) is 84.9 Å². The molecule has 236 valence electrons. The number of ether oxygens (including phenoxy) is 2. The molecule has 0 unspecified atom stereocenters. The van der Waals surface area contributed by atoms with E-state index in [1.165, 1.54) is 32.0 Å². The fourth-order valence-corrected chi connectivity index (χ4v) is 4.71. The Morgan fingerprint density at radius 1 is 0.867 bits per heavy atom. The minimum absolute atomic E-state index is 0.0490. The van der Waals surface area contributed by atoms with Crippen LogP contribution in [0.15, 0.2) is 84.9 Å². The van der Waals surface area contributed by atoms with Crippen molar-refractivity contribution in [2.24, 2.45) is 5.41 Å². The summed E-state index contributed by atoms with van der Waals surface area (Å²) in [5.74, 6) is -1.56. The molecule has 4 aromatic carbocycles. The first kappa shape index (κ1) is 33.0. The van der Waals surface area contributed by atoms with E-state index in [1.54, 1.807) is 24.3 Å². The Morgan fingerprint density at radius 2 is 1.58 bits per heavy atom. The molecule has 45 heavy (non-hydrogen) atoms. The van der Waals surface area contributed by atoms with Gasteiger partial charge in [0.2, 0.25) is 5.91 Å². The zero-order valence-electron chi connectivity index (χ0n) is 25.0. The van der Waals surface area contributed by atoms with Crippen LogP contribution < -0.4 is 14.8 Å². The summed E-state index contributed by atoms with van der Waals surface area (Å²) in [6, 6.07) is 22.4. The van der Waals surface area contributed by atoms with E-state index in [1.807, 2.05) is 37.3 Å². The fourth-order valence-electron chi connectivity index (χ4n) is 4.71. The van der Waals surface area contributed by atoms with Gasteiger partial charge in [0, 0.05) is 17.3 Å². The molecule has 0 aromatic heterocycles. The lowest BCUT2D eigenvalue weighted by atomic mass is 9.84. The zero-order valence-corrected chi connectivity index (χ0v) is 25.0. The predicted molar refractivity (Wildman–Crippen MR) is 163 cm³/mol. The van der Waals surface area contributed by atoms with Gasteiger partial charge >= 0.3 is 12.1 Å². The van der Waals surface area contributed by atoms with Gasteiger partial charge in [-0.05, 0) is 79.8 Å². The Balaban J connectivity index is 1.48. The number of carbonyl (C=O) groups excluding carboxylic acids is 1. The average molecular weight is 624 g/mol. The summed E-state index contributed by atoms with van der Waals surface area (Å²) in [7, 11) is 0. The quantitative estimate of drug-likeness (QED) is 0.155. The number of hydrogen-bond acceptors (Lipinski definition) is 4. The van der Waals surface area contributed by atoms with Gasteiger partial charge in [-0.25, -0.2) is 4.39 Å². The summed E-state index contributed by atoms with van der Waals surface area (Å²) in [6.07, 6.45) is -5.57. The highest BCUT2D eigenvalue weighted by Gasteiger charge is 2.37. The van der Waals surface area contributed by atoms with Gasteiger partial charge in [0.1, 0.15) is 23.9 Å². The second kappa shape index (κ2) is 13.8. The summed E-state index contributed by atoms with van der Waals surface area (Å²) in [5.41, 5.74) is -0.669. The van der Waals surface area contributed by atoms with E-state index in [-0.39, 0.29) is 23.2 Å². The van der Waals surface area contributed by atoms with Crippen molar-refractivity contribution >= 4 is 17.6 Å². The number of carboxylic acid groups (broad SMARTS) is 1. The molecule has 0 spiro atoms. The van der Waals surface area contributed by atoms with E-state index >= 15 is 4.39 Å². The fraction of sp³-hybridized carbons (Fsp3) is 0.257. The van der Waals surface area contributed by atoms with Gasteiger partial charge in [0.05, 0.1) is 24.0 Å². The van der Waals surface area contributed by atoms with Crippen LogP contribution in [0, 0.1) is 11.2 Å². The molecule has 0 aliphatic heterocycles. The summed E-state index contributed by atoms with van der Waals surface area (Å²) < 4.78 is 68.3. The Labute approximate surface area is 258 Å². The molecule has 6 nitrogen and oxygen atoms in total. The molecule has 4 aromatic rings. The lowest BCUT2D eigenvalue weighted by molar-refractivity contribution is -0.148. The molecule has 0 saturated carbocycles. The van der Waals surface area contributed by atoms with Gasteiger partial charge < -0.3 is 19.9 Å². The largest absolute Gasteiger partial charge is 0.493 e. The number of nitrogens with one attached hydrogen (secondary N) is 1. The molecule has 0 radical (unpaired) electrons. The maximum Gasteiger partial charge on any atom is 0.416 e. The van der Waals surface area contributed by atoms with Gasteiger partial charge in [0.25, 0.3) is 0 Å². The van der Waals surface area contributed by atoms with Gasteiger partial charge in [-0.15, -0.1) is 0 Å². The highest BCUT2D eigenvalue weighted by Crippen LogP contribution is 2.37. The third kappa shape index (κ3) is 8.62. The highest BCUT2D eigenvalue weighted by molar-refractivity contribution is 5.92. The molecule has 0 fully saturated rings. The summed E-state index contributed by atoms with van der Waals surface area (Å²) >= 11 is 0. The van der Waals surface area contributed by atoms with Gasteiger partial charge in [-0.3, -0.25) is 9.59 Å². The number of carbonyl (C=O) groups is 2. The Kier molecular flexibility index (Phi) is 10.2. The van der Waals surface area contributed by atoms with E-state index in [2.05, 4.69) is 5.32 Å². The third-order valence-corrected chi connectivity index (χ3v) is 7.13. The molecule has 4 rings (SSSR count). The second-order valence-corrected chi connectivity index (χ2v) is 11.1. The van der Waals surface area contributed by atoms with E-state index in [0.717, 1.165) is 17.7 Å². The molecule has 0 aliphatic carbocycles. The number of carboxylic acids is 1. The first-order chi connectivity index (χ1) is 21.3. The number of anilines is 1. The molecule has 2 N–H and O–H groups in total. The Hall–Kier alpha value is -4.86. The molecule has 0 atom stereocenters. The summed E-state index contributed by atoms with van der Waals surface area (Å²) in [4.78, 5) is 24.2. The average Bonchev–Trinajstić information content (AvgIpc) is 2.98. The molecule has 0 saturated heterocycles. The normalized spacial score (nSPS) is 11.6. The molecule has 0 aliphatic rings. The van der Waals surface area contributed by atoms with Gasteiger partial charge in [-0.1, -0.05) is 48.5 Å². The number of amides is 1. The lowest BCUT2D eigenvalue weighted by Gasteiger charge is -2.22. The lowest BCUT2D eigenvalue weighted by Crippen LogP contribution is -2.27. The van der Waals surface area contributed by atoms with Crippen molar-refractivity contribution in [2.75, 3.05) is 11.9 Å². The van der Waals surface area contributed by atoms with E-state index < -0.39 is 41.3 Å². The molecule has 1 amide bonds. The first-order valence-electron chi connectivity index (χ1n) is 14.2. The number of alkyl halides is 3. The van der Waals surface area contributed by atoms with Crippen molar-refractivity contribution in [2.45, 2.75) is 46.4 Å². The van der Waals surface area contributed by atoms with Crippen LogP contribution in [0.25, 0.3) is 11.1 Å². The summed E-state index contributed by atoms with van der Waals surface area (Å²) in [5, 5.41) is 11.7. The number of rotatable bonds is 12. The molecule has 10 heteroatoms. The number of aliphatic carboxylic acids is 1. The molecular weight excluding hydrogens is 590 g/mol. The van der Waals surface area contributed by atoms with Gasteiger partial charge in [-0.2, -0.15) is 13.2 Å². The number of halogens is 4.